The average Bonchev–Trinajstić information content (AvgIpc) is 3.13. The van der Waals surface area contributed by atoms with Gasteiger partial charge in [-0.25, -0.2) is 4.79 Å². The lowest BCUT2D eigenvalue weighted by atomic mass is 10.3. The van der Waals surface area contributed by atoms with E-state index in [2.05, 4.69) is 34.0 Å². The van der Waals surface area contributed by atoms with Crippen molar-refractivity contribution in [3.63, 3.8) is 0 Å². The van der Waals surface area contributed by atoms with Gasteiger partial charge < -0.3 is 24.6 Å². The summed E-state index contributed by atoms with van der Waals surface area (Å²) in [5.41, 5.74) is -0.593. The Bertz CT molecular complexity index is 1100. The smallest absolute Gasteiger partial charge is 0.329 e. The summed E-state index contributed by atoms with van der Waals surface area (Å²) in [6, 6.07) is 9.19. The number of nitrogens with one attached hydrogen (secondary N) is 2. The number of aromatic amines is 1. The molecule has 0 saturated heterocycles. The van der Waals surface area contributed by atoms with E-state index in [1.807, 2.05) is 18.2 Å². The van der Waals surface area contributed by atoms with Crippen LogP contribution in [-0.4, -0.2) is 68.0 Å². The normalized spacial score (nSPS) is 12.4. The van der Waals surface area contributed by atoms with E-state index in [4.69, 9.17) is 4.74 Å². The lowest BCUT2D eigenvalue weighted by Crippen LogP contribution is -2.31. The molecule has 2 aromatic heterocycles. The third-order valence-electron chi connectivity index (χ3n) is 5.19. The third-order valence-corrected chi connectivity index (χ3v) is 5.19. The van der Waals surface area contributed by atoms with Crippen LogP contribution in [-0.2, 0) is 13.6 Å². The fraction of sp³-hybridized carbons (Fsp3) is 0.476. The predicted octanol–water partition coefficient (Wildman–Crippen LogP) is 0.617. The first kappa shape index (κ1) is 22.6. The number of imidazole rings is 1. The van der Waals surface area contributed by atoms with Crippen molar-refractivity contribution in [3.05, 3.63) is 51.2 Å². The van der Waals surface area contributed by atoms with Gasteiger partial charge in [0.15, 0.2) is 11.2 Å². The number of benzene rings is 1. The summed E-state index contributed by atoms with van der Waals surface area (Å²) in [5, 5.41) is 13.8. The van der Waals surface area contributed by atoms with Crippen LogP contribution < -0.4 is 21.3 Å². The molecule has 0 fully saturated rings. The molecule has 3 aromatic rings. The molecule has 0 aliphatic carbocycles. The largest absolute Gasteiger partial charge is 0.491 e. The Balaban J connectivity index is 1.85. The molecule has 10 nitrogen and oxygen atoms in total. The van der Waals surface area contributed by atoms with Crippen molar-refractivity contribution in [2.24, 2.45) is 7.05 Å². The number of likely N-dealkylation sites (N-methyl/N-ethyl adjacent to an activating group) is 1. The fourth-order valence-corrected chi connectivity index (χ4v) is 3.39. The number of fused-ring (bicyclic) bond motifs is 1. The van der Waals surface area contributed by atoms with Gasteiger partial charge in [-0.05, 0) is 25.2 Å². The minimum atomic E-state index is -0.891. The second kappa shape index (κ2) is 10.3. The molecule has 0 saturated carbocycles. The summed E-state index contributed by atoms with van der Waals surface area (Å²) < 4.78 is 8.52. The van der Waals surface area contributed by atoms with Crippen molar-refractivity contribution < 1.29 is 9.84 Å². The highest BCUT2D eigenvalue weighted by molar-refractivity contribution is 5.74. The molecular weight excluding hydrogens is 400 g/mol. The fourth-order valence-electron chi connectivity index (χ4n) is 3.39. The molecular formula is C21H30N6O4. The lowest BCUT2D eigenvalue weighted by molar-refractivity contribution is 0.0938. The molecule has 0 spiro atoms. The number of anilines is 1. The van der Waals surface area contributed by atoms with Crippen LogP contribution in [0, 0.1) is 0 Å². The summed E-state index contributed by atoms with van der Waals surface area (Å²) in [5.74, 6) is 1.07. The van der Waals surface area contributed by atoms with Gasteiger partial charge in [-0.15, -0.1) is 0 Å². The summed E-state index contributed by atoms with van der Waals surface area (Å²) >= 11 is 0. The summed E-state index contributed by atoms with van der Waals surface area (Å²) in [4.78, 5) is 33.6. The average molecular weight is 431 g/mol. The Hall–Kier alpha value is -3.11. The minimum absolute atomic E-state index is 0.0479. The van der Waals surface area contributed by atoms with E-state index in [-0.39, 0.29) is 24.3 Å². The SMILES string of the molecule is CCN(CC)CCNc1nc2c(c(=O)[nH]c(=O)n2C)n1C[C@@H](O)COc1ccccc1. The quantitative estimate of drug-likeness (QED) is 0.408. The number of rotatable bonds is 11. The Morgan fingerprint density at radius 2 is 1.94 bits per heavy atom. The molecule has 2 heterocycles. The highest BCUT2D eigenvalue weighted by Gasteiger charge is 2.20. The van der Waals surface area contributed by atoms with Crippen molar-refractivity contribution in [2.45, 2.75) is 26.5 Å². The van der Waals surface area contributed by atoms with Gasteiger partial charge in [0.05, 0.1) is 6.54 Å². The Morgan fingerprint density at radius 1 is 1.23 bits per heavy atom. The maximum atomic E-state index is 12.5. The van der Waals surface area contributed by atoms with E-state index in [0.717, 1.165) is 19.6 Å². The first-order chi connectivity index (χ1) is 14.9. The second-order valence-corrected chi connectivity index (χ2v) is 7.27. The molecule has 0 unspecified atom stereocenters. The van der Waals surface area contributed by atoms with E-state index in [9.17, 15) is 14.7 Å². The molecule has 10 heteroatoms. The maximum Gasteiger partial charge on any atom is 0.329 e. The van der Waals surface area contributed by atoms with Gasteiger partial charge in [0, 0.05) is 20.1 Å². The summed E-state index contributed by atoms with van der Waals surface area (Å²) in [6.45, 7) is 7.58. The first-order valence-electron chi connectivity index (χ1n) is 10.5. The van der Waals surface area contributed by atoms with Gasteiger partial charge in [-0.3, -0.25) is 14.3 Å². The van der Waals surface area contributed by atoms with Crippen LogP contribution in [0.15, 0.2) is 39.9 Å². The summed E-state index contributed by atoms with van der Waals surface area (Å²) in [7, 11) is 1.55. The molecule has 0 aliphatic heterocycles. The van der Waals surface area contributed by atoms with Crippen molar-refractivity contribution in [2.75, 3.05) is 38.1 Å². The van der Waals surface area contributed by atoms with Crippen LogP contribution in [0.1, 0.15) is 13.8 Å². The Morgan fingerprint density at radius 3 is 2.61 bits per heavy atom. The number of aliphatic hydroxyl groups is 1. The van der Waals surface area contributed by atoms with Gasteiger partial charge in [-0.1, -0.05) is 32.0 Å². The maximum absolute atomic E-state index is 12.5. The first-order valence-corrected chi connectivity index (χ1v) is 10.5. The van der Waals surface area contributed by atoms with E-state index in [1.165, 1.54) is 4.57 Å². The van der Waals surface area contributed by atoms with Gasteiger partial charge in [0.25, 0.3) is 5.56 Å². The van der Waals surface area contributed by atoms with E-state index >= 15 is 0 Å². The minimum Gasteiger partial charge on any atom is -0.491 e. The van der Waals surface area contributed by atoms with Crippen LogP contribution in [0.4, 0.5) is 5.95 Å². The van der Waals surface area contributed by atoms with Gasteiger partial charge in [0.1, 0.15) is 18.5 Å². The highest BCUT2D eigenvalue weighted by atomic mass is 16.5. The molecule has 0 amide bonds. The van der Waals surface area contributed by atoms with Crippen LogP contribution >= 0.6 is 0 Å². The lowest BCUT2D eigenvalue weighted by Gasteiger charge is -2.19. The molecule has 3 N–H and O–H groups in total. The topological polar surface area (TPSA) is 117 Å². The van der Waals surface area contributed by atoms with Gasteiger partial charge >= 0.3 is 5.69 Å². The van der Waals surface area contributed by atoms with Crippen molar-refractivity contribution >= 4 is 17.1 Å². The van der Waals surface area contributed by atoms with Crippen molar-refractivity contribution in [3.8, 4) is 5.75 Å². The summed E-state index contributed by atoms with van der Waals surface area (Å²) in [6.07, 6.45) is -0.891. The zero-order valence-corrected chi connectivity index (χ0v) is 18.2. The van der Waals surface area contributed by atoms with E-state index in [1.54, 1.807) is 23.7 Å². The number of aliphatic hydroxyl groups excluding tert-OH is 1. The molecule has 168 valence electrons. The van der Waals surface area contributed by atoms with E-state index < -0.39 is 17.4 Å². The van der Waals surface area contributed by atoms with Gasteiger partial charge in [-0.2, -0.15) is 4.98 Å². The van der Waals surface area contributed by atoms with Gasteiger partial charge in [0.2, 0.25) is 5.95 Å². The molecule has 3 rings (SSSR count). The van der Waals surface area contributed by atoms with Crippen LogP contribution in [0.3, 0.4) is 0 Å². The second-order valence-electron chi connectivity index (χ2n) is 7.27. The predicted molar refractivity (Wildman–Crippen MR) is 120 cm³/mol. The number of aromatic nitrogens is 4. The molecule has 31 heavy (non-hydrogen) atoms. The number of para-hydroxylation sites is 1. The van der Waals surface area contributed by atoms with Crippen molar-refractivity contribution in [1.29, 1.82) is 0 Å². The highest BCUT2D eigenvalue weighted by Crippen LogP contribution is 2.17. The number of hydrogen-bond acceptors (Lipinski definition) is 7. The van der Waals surface area contributed by atoms with Crippen LogP contribution in [0.2, 0.25) is 0 Å². The number of H-pyrrole nitrogens is 1. The number of ether oxygens (including phenoxy) is 1. The molecule has 0 bridgehead atoms. The molecule has 1 aromatic carbocycles. The number of hydrogen-bond donors (Lipinski definition) is 3. The molecule has 0 radical (unpaired) electrons. The van der Waals surface area contributed by atoms with Crippen molar-refractivity contribution in [1.82, 2.24) is 24.0 Å². The third kappa shape index (κ3) is 5.33. The molecule has 1 atom stereocenters. The Labute approximate surface area is 180 Å². The number of nitrogens with zero attached hydrogens (tertiary/aromatic N) is 4. The monoisotopic (exact) mass is 430 g/mol. The van der Waals surface area contributed by atoms with Crippen LogP contribution in [0.25, 0.3) is 11.2 Å². The Kier molecular flexibility index (Phi) is 7.48. The molecule has 0 aliphatic rings. The number of aryl methyl sites for hydroxylation is 1. The zero-order valence-electron chi connectivity index (χ0n) is 18.2. The standard InChI is InChI=1S/C21H30N6O4/c1-4-26(5-2)12-11-22-20-23-18-17(19(29)24-21(30)25(18)3)27(20)13-15(28)14-31-16-9-7-6-8-10-16/h6-10,15,28H,4-5,11-14H2,1-3H3,(H,22,23)(H,24,29,30)/t15-/m1/s1. The van der Waals surface area contributed by atoms with E-state index in [0.29, 0.717) is 18.2 Å². The zero-order chi connectivity index (χ0) is 22.4. The van der Waals surface area contributed by atoms with Crippen LogP contribution in [0.5, 0.6) is 5.75 Å².